The molecule has 0 saturated heterocycles. The van der Waals surface area contributed by atoms with Gasteiger partial charge in [-0.1, -0.05) is 35.9 Å². The van der Waals surface area contributed by atoms with Crippen LogP contribution in [0.25, 0.3) is 10.9 Å². The van der Waals surface area contributed by atoms with Crippen LogP contribution >= 0.6 is 11.6 Å². The molecule has 1 aliphatic rings. The van der Waals surface area contributed by atoms with Gasteiger partial charge in [0.15, 0.2) is 0 Å². The van der Waals surface area contributed by atoms with E-state index in [1.54, 1.807) is 0 Å². The number of para-hydroxylation sites is 1. The second-order valence-electron chi connectivity index (χ2n) is 6.67. The third kappa shape index (κ3) is 2.31. The molecule has 1 saturated carbocycles. The fourth-order valence-corrected chi connectivity index (χ4v) is 3.75. The predicted molar refractivity (Wildman–Crippen MR) is 98.8 cm³/mol. The lowest BCUT2D eigenvalue weighted by atomic mass is 9.92. The van der Waals surface area contributed by atoms with Gasteiger partial charge in [0, 0.05) is 27.3 Å². The standard InChI is InChI=1S/C20H19ClN2O/c1-12-7-8-14(21)11-17(12)23-19(24)20(9-10-20)18-13(2)22-16-6-4-3-5-15(16)18/h3-8,11,22H,9-10H2,1-2H3,(H,23,24). The molecule has 0 bridgehead atoms. The van der Waals surface area contributed by atoms with Gasteiger partial charge in [0.1, 0.15) is 0 Å². The minimum atomic E-state index is -0.432. The minimum absolute atomic E-state index is 0.0562. The average molecular weight is 339 g/mol. The number of carbonyl (C=O) groups is 1. The van der Waals surface area contributed by atoms with Crippen LogP contribution < -0.4 is 5.32 Å². The van der Waals surface area contributed by atoms with Crippen molar-refractivity contribution in [3.8, 4) is 0 Å². The van der Waals surface area contributed by atoms with Crippen molar-refractivity contribution in [2.75, 3.05) is 5.32 Å². The Morgan fingerprint density at radius 3 is 2.67 bits per heavy atom. The van der Waals surface area contributed by atoms with Gasteiger partial charge in [-0.15, -0.1) is 0 Å². The number of nitrogens with one attached hydrogen (secondary N) is 2. The summed E-state index contributed by atoms with van der Waals surface area (Å²) in [6.07, 6.45) is 1.75. The number of fused-ring (bicyclic) bond motifs is 1. The Kier molecular flexibility index (Phi) is 3.43. The molecule has 4 rings (SSSR count). The monoisotopic (exact) mass is 338 g/mol. The maximum absolute atomic E-state index is 13.1. The third-order valence-corrected chi connectivity index (χ3v) is 5.24. The van der Waals surface area contributed by atoms with Crippen molar-refractivity contribution in [3.63, 3.8) is 0 Å². The molecule has 1 amide bonds. The van der Waals surface area contributed by atoms with Crippen molar-refractivity contribution < 1.29 is 4.79 Å². The van der Waals surface area contributed by atoms with Gasteiger partial charge >= 0.3 is 0 Å². The molecule has 3 aromatic rings. The summed E-state index contributed by atoms with van der Waals surface area (Å²) in [6.45, 7) is 4.02. The van der Waals surface area contributed by atoms with E-state index in [9.17, 15) is 4.79 Å². The van der Waals surface area contributed by atoms with E-state index in [0.717, 1.165) is 46.3 Å². The van der Waals surface area contributed by atoms with Crippen LogP contribution in [-0.2, 0) is 10.2 Å². The van der Waals surface area contributed by atoms with Crippen LogP contribution in [0.3, 0.4) is 0 Å². The minimum Gasteiger partial charge on any atom is -0.358 e. The Morgan fingerprint density at radius 2 is 1.92 bits per heavy atom. The van der Waals surface area contributed by atoms with Crippen molar-refractivity contribution in [3.05, 3.63) is 64.3 Å². The van der Waals surface area contributed by atoms with Crippen molar-refractivity contribution in [2.24, 2.45) is 0 Å². The number of hydrogen-bond donors (Lipinski definition) is 2. The molecule has 1 fully saturated rings. The predicted octanol–water partition coefficient (Wildman–Crippen LogP) is 5.11. The van der Waals surface area contributed by atoms with Crippen LogP contribution in [0.4, 0.5) is 5.69 Å². The van der Waals surface area contributed by atoms with Crippen LogP contribution in [0.15, 0.2) is 42.5 Å². The molecule has 3 nitrogen and oxygen atoms in total. The number of hydrogen-bond acceptors (Lipinski definition) is 1. The number of H-pyrrole nitrogens is 1. The van der Waals surface area contributed by atoms with Crippen LogP contribution in [0, 0.1) is 13.8 Å². The number of carbonyl (C=O) groups excluding carboxylic acids is 1. The molecule has 0 spiro atoms. The topological polar surface area (TPSA) is 44.9 Å². The smallest absolute Gasteiger partial charge is 0.235 e. The lowest BCUT2D eigenvalue weighted by Gasteiger charge is -2.17. The van der Waals surface area contributed by atoms with E-state index in [2.05, 4.69) is 22.4 Å². The first-order chi connectivity index (χ1) is 11.5. The highest BCUT2D eigenvalue weighted by atomic mass is 35.5. The molecule has 122 valence electrons. The van der Waals surface area contributed by atoms with Gasteiger partial charge < -0.3 is 10.3 Å². The third-order valence-electron chi connectivity index (χ3n) is 5.00. The molecule has 2 N–H and O–H groups in total. The van der Waals surface area contributed by atoms with Gasteiger partial charge in [-0.05, 0) is 56.0 Å². The largest absolute Gasteiger partial charge is 0.358 e. The molecule has 0 radical (unpaired) electrons. The zero-order valence-corrected chi connectivity index (χ0v) is 14.5. The number of aromatic amines is 1. The van der Waals surface area contributed by atoms with Gasteiger partial charge in [-0.3, -0.25) is 4.79 Å². The highest BCUT2D eigenvalue weighted by Gasteiger charge is 2.53. The summed E-state index contributed by atoms with van der Waals surface area (Å²) >= 11 is 6.08. The van der Waals surface area contributed by atoms with Crippen molar-refractivity contribution in [1.29, 1.82) is 0 Å². The van der Waals surface area contributed by atoms with Crippen LogP contribution in [0.5, 0.6) is 0 Å². The lowest BCUT2D eigenvalue weighted by molar-refractivity contribution is -0.118. The number of rotatable bonds is 3. The summed E-state index contributed by atoms with van der Waals surface area (Å²) in [5.74, 6) is 0.0562. The summed E-state index contributed by atoms with van der Waals surface area (Å²) in [6, 6.07) is 13.8. The van der Waals surface area contributed by atoms with Gasteiger partial charge in [-0.25, -0.2) is 0 Å². The Labute approximate surface area is 146 Å². The molecule has 4 heteroatoms. The number of anilines is 1. The molecule has 1 heterocycles. The Morgan fingerprint density at radius 1 is 1.17 bits per heavy atom. The van der Waals surface area contributed by atoms with Gasteiger partial charge in [-0.2, -0.15) is 0 Å². The highest BCUT2D eigenvalue weighted by molar-refractivity contribution is 6.31. The number of amides is 1. The van der Waals surface area contributed by atoms with E-state index in [1.807, 2.05) is 44.2 Å². The molecule has 0 unspecified atom stereocenters. The maximum Gasteiger partial charge on any atom is 0.235 e. The molecule has 2 aromatic carbocycles. The Hall–Kier alpha value is -2.26. The first-order valence-electron chi connectivity index (χ1n) is 8.17. The van der Waals surface area contributed by atoms with E-state index in [-0.39, 0.29) is 5.91 Å². The second-order valence-corrected chi connectivity index (χ2v) is 7.10. The van der Waals surface area contributed by atoms with Crippen molar-refractivity contribution in [2.45, 2.75) is 32.1 Å². The van der Waals surface area contributed by atoms with E-state index >= 15 is 0 Å². The van der Waals surface area contributed by atoms with E-state index < -0.39 is 5.41 Å². The van der Waals surface area contributed by atoms with Crippen LogP contribution in [0.2, 0.25) is 5.02 Å². The normalized spacial score (nSPS) is 15.5. The molecule has 1 aliphatic carbocycles. The van der Waals surface area contributed by atoms with Crippen LogP contribution in [0.1, 0.15) is 29.7 Å². The molecule has 0 atom stereocenters. The fraction of sp³-hybridized carbons (Fsp3) is 0.250. The Bertz CT molecular complexity index is 953. The zero-order chi connectivity index (χ0) is 16.9. The quantitative estimate of drug-likeness (QED) is 0.685. The van der Waals surface area contributed by atoms with E-state index in [0.29, 0.717) is 5.02 Å². The first-order valence-corrected chi connectivity index (χ1v) is 8.54. The molecule has 0 aliphatic heterocycles. The summed E-state index contributed by atoms with van der Waals surface area (Å²) in [7, 11) is 0. The van der Waals surface area contributed by atoms with Gasteiger partial charge in [0.25, 0.3) is 0 Å². The number of aromatic nitrogens is 1. The summed E-state index contributed by atoms with van der Waals surface area (Å²) in [4.78, 5) is 16.5. The lowest BCUT2D eigenvalue weighted by Crippen LogP contribution is -2.28. The fourth-order valence-electron chi connectivity index (χ4n) is 3.58. The molecular formula is C20H19ClN2O. The number of benzene rings is 2. The molecule has 24 heavy (non-hydrogen) atoms. The van der Waals surface area contributed by atoms with Gasteiger partial charge in [0.2, 0.25) is 5.91 Å². The SMILES string of the molecule is Cc1ccc(Cl)cc1NC(=O)C1(c2c(C)[nH]c3ccccc23)CC1. The number of halogens is 1. The molecular weight excluding hydrogens is 320 g/mol. The summed E-state index contributed by atoms with van der Waals surface area (Å²) in [5, 5.41) is 4.87. The van der Waals surface area contributed by atoms with E-state index in [1.165, 1.54) is 0 Å². The zero-order valence-electron chi connectivity index (χ0n) is 13.7. The van der Waals surface area contributed by atoms with E-state index in [4.69, 9.17) is 11.6 Å². The highest BCUT2D eigenvalue weighted by Crippen LogP contribution is 2.52. The summed E-state index contributed by atoms with van der Waals surface area (Å²) < 4.78 is 0. The summed E-state index contributed by atoms with van der Waals surface area (Å²) in [5.41, 5.74) is 4.67. The van der Waals surface area contributed by atoms with Crippen molar-refractivity contribution in [1.82, 2.24) is 4.98 Å². The van der Waals surface area contributed by atoms with Gasteiger partial charge in [0.05, 0.1) is 5.41 Å². The molecule has 1 aromatic heterocycles. The maximum atomic E-state index is 13.1. The average Bonchev–Trinajstić information content (AvgIpc) is 3.28. The number of aryl methyl sites for hydroxylation is 2. The van der Waals surface area contributed by atoms with Crippen molar-refractivity contribution >= 4 is 34.1 Å². The first kappa shape index (κ1) is 15.3. The Balaban J connectivity index is 1.74. The van der Waals surface area contributed by atoms with Crippen LogP contribution in [-0.4, -0.2) is 10.9 Å². The second kappa shape index (κ2) is 5.38.